The van der Waals surface area contributed by atoms with E-state index >= 15 is 0 Å². The van der Waals surface area contributed by atoms with Gasteiger partial charge in [-0.15, -0.1) is 0 Å². The Morgan fingerprint density at radius 2 is 2.06 bits per heavy atom. The van der Waals surface area contributed by atoms with E-state index in [-0.39, 0.29) is 0 Å². The molecule has 1 aromatic rings. The smallest absolute Gasteiger partial charge is 0.161 e. The van der Waals surface area contributed by atoms with Gasteiger partial charge in [-0.25, -0.2) is 0 Å². The lowest BCUT2D eigenvalue weighted by molar-refractivity contribution is 0.0252. The van der Waals surface area contributed by atoms with Crippen LogP contribution in [0.25, 0.3) is 0 Å². The van der Waals surface area contributed by atoms with Crippen molar-refractivity contribution in [2.45, 2.75) is 25.6 Å². The molecule has 2 rings (SSSR count). The third kappa shape index (κ3) is 3.37. The molecule has 0 aliphatic carbocycles. The van der Waals surface area contributed by atoms with E-state index in [1.807, 2.05) is 18.2 Å². The molecule has 0 unspecified atom stereocenters. The summed E-state index contributed by atoms with van der Waals surface area (Å²) in [6.07, 6.45) is 2.66. The predicted molar refractivity (Wildman–Crippen MR) is 70.2 cm³/mol. The molecule has 1 fully saturated rings. The van der Waals surface area contributed by atoms with Crippen LogP contribution in [0.1, 0.15) is 18.4 Å². The van der Waals surface area contributed by atoms with Gasteiger partial charge in [-0.3, -0.25) is 0 Å². The number of ether oxygens (including phenoxy) is 3. The Morgan fingerprint density at radius 3 is 2.72 bits per heavy atom. The largest absolute Gasteiger partial charge is 0.493 e. The molecule has 0 radical (unpaired) electrons. The summed E-state index contributed by atoms with van der Waals surface area (Å²) in [4.78, 5) is 0. The van der Waals surface area contributed by atoms with Gasteiger partial charge in [0.1, 0.15) is 0 Å². The lowest BCUT2D eigenvalue weighted by Gasteiger charge is -2.23. The maximum Gasteiger partial charge on any atom is 0.161 e. The van der Waals surface area contributed by atoms with Crippen molar-refractivity contribution in [3.05, 3.63) is 23.8 Å². The fourth-order valence-electron chi connectivity index (χ4n) is 2.15. The third-order valence-corrected chi connectivity index (χ3v) is 3.19. The molecule has 4 heteroatoms. The third-order valence-electron chi connectivity index (χ3n) is 3.19. The number of piperidine rings is 1. The molecule has 0 amide bonds. The zero-order valence-corrected chi connectivity index (χ0v) is 11.1. The van der Waals surface area contributed by atoms with Gasteiger partial charge in [0, 0.05) is 6.54 Å². The van der Waals surface area contributed by atoms with Gasteiger partial charge in [0.25, 0.3) is 0 Å². The lowest BCUT2D eigenvalue weighted by atomic mass is 10.1. The standard InChI is InChI=1S/C14H21NO3/c1-16-13-6-5-11(8-14(13)17-2)10-18-12-4-3-7-15-9-12/h5-6,8,12,15H,3-4,7,9-10H2,1-2H3/t12-/m0/s1. The molecule has 1 atom stereocenters. The van der Waals surface area contributed by atoms with Gasteiger partial charge in [0.2, 0.25) is 0 Å². The molecule has 0 aromatic heterocycles. The maximum atomic E-state index is 5.88. The zero-order chi connectivity index (χ0) is 12.8. The van der Waals surface area contributed by atoms with Gasteiger partial charge in [0.15, 0.2) is 11.5 Å². The van der Waals surface area contributed by atoms with E-state index in [0.29, 0.717) is 12.7 Å². The highest BCUT2D eigenvalue weighted by molar-refractivity contribution is 5.42. The average Bonchev–Trinajstić information content (AvgIpc) is 2.45. The van der Waals surface area contributed by atoms with Crippen LogP contribution in [0.2, 0.25) is 0 Å². The van der Waals surface area contributed by atoms with Crippen molar-refractivity contribution in [3.8, 4) is 11.5 Å². The van der Waals surface area contributed by atoms with Crippen molar-refractivity contribution in [1.82, 2.24) is 5.32 Å². The summed E-state index contributed by atoms with van der Waals surface area (Å²) in [5.74, 6) is 1.50. The van der Waals surface area contributed by atoms with E-state index in [2.05, 4.69) is 5.32 Å². The average molecular weight is 251 g/mol. The number of benzene rings is 1. The van der Waals surface area contributed by atoms with Crippen molar-refractivity contribution in [2.75, 3.05) is 27.3 Å². The second kappa shape index (κ2) is 6.61. The summed E-state index contributed by atoms with van der Waals surface area (Å²) in [6, 6.07) is 5.89. The monoisotopic (exact) mass is 251 g/mol. The Hall–Kier alpha value is -1.26. The van der Waals surface area contributed by atoms with Gasteiger partial charge in [0.05, 0.1) is 26.9 Å². The van der Waals surface area contributed by atoms with Gasteiger partial charge in [-0.05, 0) is 37.1 Å². The van der Waals surface area contributed by atoms with Gasteiger partial charge in [-0.1, -0.05) is 6.07 Å². The van der Waals surface area contributed by atoms with E-state index in [4.69, 9.17) is 14.2 Å². The van der Waals surface area contributed by atoms with E-state index in [0.717, 1.165) is 36.6 Å². The highest BCUT2D eigenvalue weighted by Gasteiger charge is 2.13. The number of hydrogen-bond acceptors (Lipinski definition) is 4. The Balaban J connectivity index is 1.92. The Morgan fingerprint density at radius 1 is 1.22 bits per heavy atom. The Bertz CT molecular complexity index is 375. The first-order valence-corrected chi connectivity index (χ1v) is 6.36. The van der Waals surface area contributed by atoms with E-state index < -0.39 is 0 Å². The Labute approximate surface area is 108 Å². The number of methoxy groups -OCH3 is 2. The maximum absolute atomic E-state index is 5.88. The molecule has 1 aliphatic heterocycles. The van der Waals surface area contributed by atoms with Crippen molar-refractivity contribution < 1.29 is 14.2 Å². The highest BCUT2D eigenvalue weighted by Crippen LogP contribution is 2.28. The van der Waals surface area contributed by atoms with Crippen LogP contribution in [0.4, 0.5) is 0 Å². The SMILES string of the molecule is COc1ccc(CO[C@H]2CCCNC2)cc1OC. The van der Waals surface area contributed by atoms with Crippen LogP contribution in [-0.4, -0.2) is 33.4 Å². The molecule has 1 heterocycles. The molecule has 0 spiro atoms. The molecule has 1 saturated heterocycles. The Kier molecular flexibility index (Phi) is 4.84. The first-order valence-electron chi connectivity index (χ1n) is 6.36. The highest BCUT2D eigenvalue weighted by atomic mass is 16.5. The number of rotatable bonds is 5. The van der Waals surface area contributed by atoms with Crippen LogP contribution in [0, 0.1) is 0 Å². The van der Waals surface area contributed by atoms with Crippen LogP contribution < -0.4 is 14.8 Å². The number of nitrogens with one attached hydrogen (secondary N) is 1. The second-order valence-electron chi connectivity index (χ2n) is 4.47. The van der Waals surface area contributed by atoms with Crippen LogP contribution in [-0.2, 0) is 11.3 Å². The summed E-state index contributed by atoms with van der Waals surface area (Å²) in [5.41, 5.74) is 1.11. The molecule has 100 valence electrons. The van der Waals surface area contributed by atoms with Gasteiger partial charge >= 0.3 is 0 Å². The molecule has 1 aliphatic rings. The summed E-state index contributed by atoms with van der Waals surface area (Å²) in [5, 5.41) is 3.34. The summed E-state index contributed by atoms with van der Waals surface area (Å²) < 4.78 is 16.4. The second-order valence-corrected chi connectivity index (χ2v) is 4.47. The first kappa shape index (κ1) is 13.2. The minimum atomic E-state index is 0.326. The first-order chi connectivity index (χ1) is 8.83. The van der Waals surface area contributed by atoms with E-state index in [9.17, 15) is 0 Å². The summed E-state index contributed by atoms with van der Waals surface area (Å²) >= 11 is 0. The van der Waals surface area contributed by atoms with Crippen LogP contribution in [0.15, 0.2) is 18.2 Å². The van der Waals surface area contributed by atoms with Crippen molar-refractivity contribution >= 4 is 0 Å². The van der Waals surface area contributed by atoms with Crippen LogP contribution >= 0.6 is 0 Å². The van der Waals surface area contributed by atoms with E-state index in [1.54, 1.807) is 14.2 Å². The summed E-state index contributed by atoms with van der Waals surface area (Å²) in [7, 11) is 3.29. The molecule has 1 aromatic carbocycles. The molecule has 1 N–H and O–H groups in total. The van der Waals surface area contributed by atoms with Crippen LogP contribution in [0.3, 0.4) is 0 Å². The molecule has 18 heavy (non-hydrogen) atoms. The van der Waals surface area contributed by atoms with Crippen molar-refractivity contribution in [1.29, 1.82) is 0 Å². The quantitative estimate of drug-likeness (QED) is 0.868. The number of hydrogen-bond donors (Lipinski definition) is 1. The normalized spacial score (nSPS) is 19.6. The zero-order valence-electron chi connectivity index (χ0n) is 11.1. The van der Waals surface area contributed by atoms with E-state index in [1.165, 1.54) is 6.42 Å². The fraction of sp³-hybridized carbons (Fsp3) is 0.571. The molecular formula is C14H21NO3. The van der Waals surface area contributed by atoms with Gasteiger partial charge < -0.3 is 19.5 Å². The lowest BCUT2D eigenvalue weighted by Crippen LogP contribution is -2.35. The summed E-state index contributed by atoms with van der Waals surface area (Å²) in [6.45, 7) is 2.68. The molecule has 4 nitrogen and oxygen atoms in total. The molecule has 0 bridgehead atoms. The topological polar surface area (TPSA) is 39.7 Å². The molecule has 0 saturated carbocycles. The predicted octanol–water partition coefficient (Wildman–Crippen LogP) is 1.97. The van der Waals surface area contributed by atoms with Crippen molar-refractivity contribution in [3.63, 3.8) is 0 Å². The molecular weight excluding hydrogens is 230 g/mol. The minimum Gasteiger partial charge on any atom is -0.493 e. The van der Waals surface area contributed by atoms with Crippen molar-refractivity contribution in [2.24, 2.45) is 0 Å². The van der Waals surface area contributed by atoms with Gasteiger partial charge in [-0.2, -0.15) is 0 Å². The minimum absolute atomic E-state index is 0.326. The fourth-order valence-corrected chi connectivity index (χ4v) is 2.15. The van der Waals surface area contributed by atoms with Crippen LogP contribution in [0.5, 0.6) is 11.5 Å².